The Morgan fingerprint density at radius 1 is 0.680 bits per heavy atom. The molecule has 14 nitrogen and oxygen atoms in total. The van der Waals surface area contributed by atoms with Crippen LogP contribution in [0.5, 0.6) is 0 Å². The molecule has 0 radical (unpaired) electrons. The van der Waals surface area contributed by atoms with Gasteiger partial charge >= 0.3 is 5.97 Å². The van der Waals surface area contributed by atoms with Crippen molar-refractivity contribution in [1.82, 2.24) is 0 Å². The van der Waals surface area contributed by atoms with Gasteiger partial charge in [-0.05, 0) is 37.0 Å². The third kappa shape index (κ3) is 8.95. The van der Waals surface area contributed by atoms with Crippen LogP contribution >= 0.6 is 0 Å². The van der Waals surface area contributed by atoms with Crippen molar-refractivity contribution in [2.75, 3.05) is 19.8 Å². The molecule has 0 bridgehead atoms. The minimum atomic E-state index is -3.42. The third-order valence-electron chi connectivity index (χ3n) is 10.2. The Kier molecular flexibility index (Phi) is 16.9. The monoisotopic (exact) mass is 720 g/mol. The van der Waals surface area contributed by atoms with Gasteiger partial charge in [0.2, 0.25) is 17.0 Å². The Hall–Kier alpha value is -1.59. The normalized spacial score (nSPS) is 34.5. The number of esters is 1. The van der Waals surface area contributed by atoms with Crippen LogP contribution in [0, 0.1) is 17.8 Å². The maximum absolute atomic E-state index is 14.9. The number of aliphatic hydroxyl groups excluding tert-OH is 6. The van der Waals surface area contributed by atoms with E-state index in [1.807, 2.05) is 41.5 Å². The smallest absolute Gasteiger partial charge is 0.307 e. The number of hydrogen-bond acceptors (Lipinski definition) is 14. The highest BCUT2D eigenvalue weighted by Gasteiger charge is 2.85. The molecule has 8 N–H and O–H groups in total. The molecule has 0 aromatic rings. The van der Waals surface area contributed by atoms with Crippen LogP contribution in [0.2, 0.25) is 0 Å². The molecule has 50 heavy (non-hydrogen) atoms. The minimum absolute atomic E-state index is 0.132. The molecule has 2 aliphatic heterocycles. The molecule has 0 saturated carbocycles. The van der Waals surface area contributed by atoms with E-state index < -0.39 is 103 Å². The number of hydrogen-bond donors (Lipinski definition) is 8. The van der Waals surface area contributed by atoms with Gasteiger partial charge in [-0.1, -0.05) is 80.1 Å². The lowest BCUT2D eigenvalue weighted by Crippen LogP contribution is -2.88. The third-order valence-corrected chi connectivity index (χ3v) is 10.2. The van der Waals surface area contributed by atoms with Gasteiger partial charge < -0.3 is 55.1 Å². The summed E-state index contributed by atoms with van der Waals surface area (Å²) in [6, 6.07) is 0. The van der Waals surface area contributed by atoms with Crippen LogP contribution in [0.25, 0.3) is 0 Å². The molecule has 0 unspecified atom stereocenters. The molecule has 0 amide bonds. The molecule has 9 atom stereocenters. The summed E-state index contributed by atoms with van der Waals surface area (Å²) in [6.07, 6.45) is -8.50. The van der Waals surface area contributed by atoms with E-state index in [4.69, 9.17) is 14.2 Å². The zero-order chi connectivity index (χ0) is 38.1. The molecule has 14 heteroatoms. The predicted molar refractivity (Wildman–Crippen MR) is 180 cm³/mol. The van der Waals surface area contributed by atoms with Crippen molar-refractivity contribution in [3.05, 3.63) is 0 Å². The molecule has 2 heterocycles. The number of carbonyl (C=O) groups is 3. The summed E-state index contributed by atoms with van der Waals surface area (Å²) in [5, 5.41) is 89.8. The van der Waals surface area contributed by atoms with Gasteiger partial charge in [-0.25, -0.2) is 0 Å². The van der Waals surface area contributed by atoms with Gasteiger partial charge in [0.05, 0.1) is 19.8 Å². The van der Waals surface area contributed by atoms with E-state index in [1.54, 1.807) is 0 Å². The maximum Gasteiger partial charge on any atom is 0.307 e. The molecular formula is C36H64O14. The van der Waals surface area contributed by atoms with Gasteiger partial charge in [-0.3, -0.25) is 14.4 Å². The van der Waals surface area contributed by atoms with Crippen LogP contribution in [-0.4, -0.2) is 131 Å². The summed E-state index contributed by atoms with van der Waals surface area (Å²) >= 11 is 0. The number of ether oxygens (including phenoxy) is 3. The predicted octanol–water partition coefficient (Wildman–Crippen LogP) is 1.07. The summed E-state index contributed by atoms with van der Waals surface area (Å²) in [6.45, 7) is 8.22. The summed E-state index contributed by atoms with van der Waals surface area (Å²) in [4.78, 5) is 43.5. The second-order valence-corrected chi connectivity index (χ2v) is 15.5. The summed E-state index contributed by atoms with van der Waals surface area (Å²) in [5.74, 6) is -5.61. The zero-order valence-corrected chi connectivity index (χ0v) is 30.8. The first-order valence-electron chi connectivity index (χ1n) is 18.3. The first kappa shape index (κ1) is 44.6. The highest BCUT2D eigenvalue weighted by Crippen LogP contribution is 2.56. The molecule has 2 fully saturated rings. The van der Waals surface area contributed by atoms with E-state index in [0.29, 0.717) is 38.0 Å². The Morgan fingerprint density at radius 2 is 1.16 bits per heavy atom. The topological polar surface area (TPSA) is 241 Å². The van der Waals surface area contributed by atoms with Gasteiger partial charge in [0.1, 0.15) is 30.5 Å². The highest BCUT2D eigenvalue weighted by atomic mass is 16.7. The maximum atomic E-state index is 14.9. The fourth-order valence-electron chi connectivity index (χ4n) is 7.35. The summed E-state index contributed by atoms with van der Waals surface area (Å²) in [5.41, 5.74) is -10.1. The van der Waals surface area contributed by atoms with Crippen LogP contribution in [0.3, 0.4) is 0 Å². The van der Waals surface area contributed by atoms with E-state index in [9.17, 15) is 55.2 Å². The van der Waals surface area contributed by atoms with Crippen LogP contribution in [-0.2, 0) is 28.6 Å². The number of Topliss-reactive ketones (excluding diaryl/α,β-unsaturated/α-hetero) is 2. The Morgan fingerprint density at radius 3 is 1.60 bits per heavy atom. The van der Waals surface area contributed by atoms with Gasteiger partial charge in [-0.15, -0.1) is 0 Å². The van der Waals surface area contributed by atoms with Crippen molar-refractivity contribution < 1.29 is 69.4 Å². The van der Waals surface area contributed by atoms with Crippen molar-refractivity contribution in [3.63, 3.8) is 0 Å². The minimum Gasteiger partial charge on any atom is -0.444 e. The lowest BCUT2D eigenvalue weighted by atomic mass is 9.56. The first-order valence-corrected chi connectivity index (χ1v) is 18.3. The molecule has 2 aliphatic rings. The molecule has 0 spiro atoms. The SMILES string of the molecule is CC(C)CCCCC(=O)O[C@]1(C(=O)CCCCC(C)C)[C@@H](O)[C@H](O)[C@@H](CO)O[C@]1(C(=O)CCCCC(C)C)[C@@]1(O)[C@@H](CO)O[C@](O)(CO)[C@H]1O. The largest absolute Gasteiger partial charge is 0.444 e. The molecule has 2 saturated heterocycles. The number of rotatable bonds is 22. The van der Waals surface area contributed by atoms with E-state index in [2.05, 4.69) is 0 Å². The quantitative estimate of drug-likeness (QED) is 0.0577. The fourth-order valence-corrected chi connectivity index (χ4v) is 7.35. The van der Waals surface area contributed by atoms with Crippen molar-refractivity contribution in [1.29, 1.82) is 0 Å². The lowest BCUT2D eigenvalue weighted by Gasteiger charge is -2.61. The second-order valence-electron chi connectivity index (χ2n) is 15.5. The van der Waals surface area contributed by atoms with Gasteiger partial charge in [-0.2, -0.15) is 0 Å². The van der Waals surface area contributed by atoms with Crippen LogP contribution in [0.1, 0.15) is 119 Å². The Bertz CT molecular complexity index is 1100. The van der Waals surface area contributed by atoms with Crippen LogP contribution in [0.4, 0.5) is 0 Å². The second kappa shape index (κ2) is 18.9. The summed E-state index contributed by atoms with van der Waals surface area (Å²) in [7, 11) is 0. The van der Waals surface area contributed by atoms with Gasteiger partial charge in [0, 0.05) is 19.3 Å². The van der Waals surface area contributed by atoms with E-state index in [-0.39, 0.29) is 37.5 Å². The number of carbonyl (C=O) groups excluding carboxylic acids is 3. The van der Waals surface area contributed by atoms with E-state index >= 15 is 0 Å². The Labute approximate surface area is 296 Å². The molecular weight excluding hydrogens is 656 g/mol. The average Bonchev–Trinajstić information content (AvgIpc) is 3.26. The van der Waals surface area contributed by atoms with Crippen LogP contribution in [0.15, 0.2) is 0 Å². The zero-order valence-electron chi connectivity index (χ0n) is 30.8. The highest BCUT2D eigenvalue weighted by molar-refractivity contribution is 6.03. The van der Waals surface area contributed by atoms with Crippen molar-refractivity contribution >= 4 is 17.5 Å². The van der Waals surface area contributed by atoms with Crippen molar-refractivity contribution in [2.45, 2.75) is 172 Å². The molecule has 292 valence electrons. The van der Waals surface area contributed by atoms with E-state index in [0.717, 1.165) is 6.42 Å². The van der Waals surface area contributed by atoms with Crippen LogP contribution < -0.4 is 0 Å². The van der Waals surface area contributed by atoms with Crippen molar-refractivity contribution in [2.24, 2.45) is 17.8 Å². The number of aliphatic hydroxyl groups is 8. The molecule has 0 aliphatic carbocycles. The molecule has 2 rings (SSSR count). The average molecular weight is 721 g/mol. The Balaban J connectivity index is 2.98. The van der Waals surface area contributed by atoms with Gasteiger partial charge in [0.25, 0.3) is 0 Å². The van der Waals surface area contributed by atoms with E-state index in [1.165, 1.54) is 0 Å². The lowest BCUT2D eigenvalue weighted by molar-refractivity contribution is -0.351. The molecule has 0 aromatic heterocycles. The van der Waals surface area contributed by atoms with Crippen molar-refractivity contribution in [3.8, 4) is 0 Å². The fraction of sp³-hybridized carbons (Fsp3) is 0.917. The standard InChI is InChI=1S/C36H64O14/c1-22(2)13-7-10-16-26(40)35(50-29(42)18-12-9-15-24(5)6)31(44)30(43)25(19-37)48-36(35,27(41)17-11-8-14-23(3)4)34(47)28(20-38)49-33(46,21-39)32(34)45/h22-25,28,30-32,37-39,43-47H,7-21H2,1-6H3/t25-,28-,30-,31+,32-,33-,34-,35-,36-/m1/s1. The summed E-state index contributed by atoms with van der Waals surface area (Å²) < 4.78 is 17.4. The molecule has 0 aromatic carbocycles. The van der Waals surface area contributed by atoms with Gasteiger partial charge in [0.15, 0.2) is 17.2 Å². The first-order chi connectivity index (χ1) is 23.4. The number of ketones is 2. The number of unbranched alkanes of at least 4 members (excludes halogenated alkanes) is 3.